The zero-order valence-electron chi connectivity index (χ0n) is 11.6. The van der Waals surface area contributed by atoms with Crippen LogP contribution in [0.4, 0.5) is 0 Å². The number of thiophene rings is 1. The largest absolute Gasteiger partial charge is 0.465 e. The summed E-state index contributed by atoms with van der Waals surface area (Å²) in [4.78, 5) is 11.6. The summed E-state index contributed by atoms with van der Waals surface area (Å²) in [5, 5.41) is 3.75. The van der Waals surface area contributed by atoms with Crippen LogP contribution in [0.25, 0.3) is 0 Å². The average Bonchev–Trinajstić information content (AvgIpc) is 3.00. The van der Waals surface area contributed by atoms with Gasteiger partial charge in [-0.1, -0.05) is 12.1 Å². The molecule has 0 saturated heterocycles. The number of sulfonamides is 1. The number of benzene rings is 1. The van der Waals surface area contributed by atoms with Crippen molar-refractivity contribution in [3.63, 3.8) is 0 Å². The van der Waals surface area contributed by atoms with Gasteiger partial charge in [-0.05, 0) is 41.4 Å². The molecule has 0 aliphatic rings. The van der Waals surface area contributed by atoms with Crippen molar-refractivity contribution in [3.8, 4) is 0 Å². The zero-order chi connectivity index (χ0) is 15.5. The topological polar surface area (TPSA) is 72.5 Å². The number of carbonyl (C=O) groups is 1. The summed E-state index contributed by atoms with van der Waals surface area (Å²) in [7, 11) is -2.60. The molecular weight excluding hydrogens is 310 g/mol. The maximum atomic E-state index is 12.5. The van der Waals surface area contributed by atoms with Gasteiger partial charge in [0, 0.05) is 6.04 Å². The fourth-order valence-electron chi connectivity index (χ4n) is 1.87. The second-order valence-electron chi connectivity index (χ2n) is 4.39. The van der Waals surface area contributed by atoms with Gasteiger partial charge >= 0.3 is 5.97 Å². The first-order chi connectivity index (χ1) is 9.95. The molecule has 0 aliphatic carbocycles. The van der Waals surface area contributed by atoms with Crippen LogP contribution in [0.2, 0.25) is 0 Å². The van der Waals surface area contributed by atoms with E-state index in [9.17, 15) is 13.2 Å². The molecule has 0 spiro atoms. The molecular formula is C14H15NO4S2. The van der Waals surface area contributed by atoms with Crippen molar-refractivity contribution >= 4 is 27.3 Å². The van der Waals surface area contributed by atoms with E-state index in [1.54, 1.807) is 19.1 Å². The van der Waals surface area contributed by atoms with Gasteiger partial charge in [-0.2, -0.15) is 11.3 Å². The van der Waals surface area contributed by atoms with E-state index in [1.165, 1.54) is 30.6 Å². The fraction of sp³-hybridized carbons (Fsp3) is 0.214. The third kappa shape index (κ3) is 3.49. The first-order valence-electron chi connectivity index (χ1n) is 6.17. The molecule has 0 saturated carbocycles. The second-order valence-corrected chi connectivity index (χ2v) is 6.85. The van der Waals surface area contributed by atoms with Crippen LogP contribution in [0, 0.1) is 0 Å². The number of ether oxygens (including phenoxy) is 1. The highest BCUT2D eigenvalue weighted by molar-refractivity contribution is 7.89. The highest BCUT2D eigenvalue weighted by Gasteiger charge is 2.24. The monoisotopic (exact) mass is 325 g/mol. The van der Waals surface area contributed by atoms with E-state index in [0.29, 0.717) is 0 Å². The zero-order valence-corrected chi connectivity index (χ0v) is 13.2. The minimum absolute atomic E-state index is 0.0185. The summed E-state index contributed by atoms with van der Waals surface area (Å²) in [5.74, 6) is -0.681. The van der Waals surface area contributed by atoms with E-state index in [2.05, 4.69) is 9.46 Å². The van der Waals surface area contributed by atoms with Crippen LogP contribution in [-0.4, -0.2) is 21.5 Å². The molecule has 1 aromatic carbocycles. The summed E-state index contributed by atoms with van der Waals surface area (Å²) < 4.78 is 32.1. The molecule has 0 bridgehead atoms. The van der Waals surface area contributed by atoms with Gasteiger partial charge in [0.15, 0.2) is 0 Å². The van der Waals surface area contributed by atoms with Gasteiger partial charge in [-0.25, -0.2) is 17.9 Å². The number of hydrogen-bond acceptors (Lipinski definition) is 5. The lowest BCUT2D eigenvalue weighted by Crippen LogP contribution is -2.28. The minimum atomic E-state index is -3.82. The Morgan fingerprint density at radius 1 is 1.29 bits per heavy atom. The molecule has 21 heavy (non-hydrogen) atoms. The van der Waals surface area contributed by atoms with Crippen LogP contribution in [0.3, 0.4) is 0 Å². The van der Waals surface area contributed by atoms with E-state index < -0.39 is 16.0 Å². The molecule has 1 heterocycles. The SMILES string of the molecule is COC(=O)c1ccccc1S(=O)(=O)NC(C)c1ccsc1. The molecule has 0 aliphatic heterocycles. The van der Waals surface area contributed by atoms with Crippen molar-refractivity contribution < 1.29 is 17.9 Å². The van der Waals surface area contributed by atoms with Crippen molar-refractivity contribution in [1.82, 2.24) is 4.72 Å². The number of hydrogen-bond donors (Lipinski definition) is 1. The summed E-state index contributed by atoms with van der Waals surface area (Å²) >= 11 is 1.49. The van der Waals surface area contributed by atoms with Crippen molar-refractivity contribution in [3.05, 3.63) is 52.2 Å². The van der Waals surface area contributed by atoms with Gasteiger partial charge in [-0.15, -0.1) is 0 Å². The normalized spacial score (nSPS) is 12.9. The molecule has 2 aromatic rings. The lowest BCUT2D eigenvalue weighted by atomic mass is 10.2. The number of esters is 1. The Bertz CT molecular complexity index is 723. The highest BCUT2D eigenvalue weighted by atomic mass is 32.2. The molecule has 1 aromatic heterocycles. The first kappa shape index (κ1) is 15.7. The molecule has 112 valence electrons. The van der Waals surface area contributed by atoms with Gasteiger partial charge in [0.05, 0.1) is 17.6 Å². The Kier molecular flexibility index (Phi) is 4.76. The Morgan fingerprint density at radius 2 is 2.00 bits per heavy atom. The number of nitrogens with one attached hydrogen (secondary N) is 1. The molecule has 1 unspecified atom stereocenters. The smallest absolute Gasteiger partial charge is 0.339 e. The van der Waals surface area contributed by atoms with Gasteiger partial charge in [0.2, 0.25) is 10.0 Å². The Balaban J connectivity index is 2.34. The van der Waals surface area contributed by atoms with Crippen LogP contribution >= 0.6 is 11.3 Å². The Labute approximate surface area is 127 Å². The lowest BCUT2D eigenvalue weighted by Gasteiger charge is -2.14. The lowest BCUT2D eigenvalue weighted by molar-refractivity contribution is 0.0596. The standard InChI is InChI=1S/C14H15NO4S2/c1-10(11-7-8-20-9-11)15-21(17,18)13-6-4-3-5-12(13)14(16)19-2/h3-10,15H,1-2H3. The quantitative estimate of drug-likeness (QED) is 0.858. The molecule has 0 fully saturated rings. The van der Waals surface area contributed by atoms with Gasteiger partial charge in [0.1, 0.15) is 0 Å². The predicted molar refractivity (Wildman–Crippen MR) is 80.8 cm³/mol. The molecule has 0 radical (unpaired) electrons. The molecule has 1 atom stereocenters. The van der Waals surface area contributed by atoms with Crippen molar-refractivity contribution in [2.45, 2.75) is 17.9 Å². The molecule has 7 heteroatoms. The number of carbonyl (C=O) groups excluding carboxylic acids is 1. The van der Waals surface area contributed by atoms with E-state index in [-0.39, 0.29) is 16.5 Å². The van der Waals surface area contributed by atoms with Crippen LogP contribution in [0.5, 0.6) is 0 Å². The first-order valence-corrected chi connectivity index (χ1v) is 8.60. The third-order valence-corrected chi connectivity index (χ3v) is 5.26. The van der Waals surface area contributed by atoms with E-state index >= 15 is 0 Å². The third-order valence-electron chi connectivity index (χ3n) is 2.96. The van der Waals surface area contributed by atoms with E-state index in [0.717, 1.165) is 5.56 Å². The van der Waals surface area contributed by atoms with E-state index in [4.69, 9.17) is 0 Å². The van der Waals surface area contributed by atoms with E-state index in [1.807, 2.05) is 16.8 Å². The molecule has 1 N–H and O–H groups in total. The van der Waals surface area contributed by atoms with Crippen LogP contribution in [-0.2, 0) is 14.8 Å². The summed E-state index contributed by atoms with van der Waals surface area (Å²) in [6, 6.07) is 7.44. The fourth-order valence-corrected chi connectivity index (χ4v) is 4.05. The number of rotatable bonds is 5. The van der Waals surface area contributed by atoms with Gasteiger partial charge in [0.25, 0.3) is 0 Å². The van der Waals surface area contributed by atoms with Crippen molar-refractivity contribution in [1.29, 1.82) is 0 Å². The minimum Gasteiger partial charge on any atom is -0.465 e. The van der Waals surface area contributed by atoms with Crippen LogP contribution in [0.1, 0.15) is 28.9 Å². The molecule has 2 rings (SSSR count). The number of methoxy groups -OCH3 is 1. The summed E-state index contributed by atoms with van der Waals surface area (Å²) in [5.41, 5.74) is 0.893. The Morgan fingerprint density at radius 3 is 2.62 bits per heavy atom. The highest BCUT2D eigenvalue weighted by Crippen LogP contribution is 2.21. The molecule has 0 amide bonds. The maximum absolute atomic E-state index is 12.5. The van der Waals surface area contributed by atoms with Crippen LogP contribution < -0.4 is 4.72 Å². The van der Waals surface area contributed by atoms with Crippen molar-refractivity contribution in [2.75, 3.05) is 7.11 Å². The summed E-state index contributed by atoms with van der Waals surface area (Å²) in [6.45, 7) is 1.75. The molecule has 5 nitrogen and oxygen atoms in total. The van der Waals surface area contributed by atoms with Crippen molar-refractivity contribution in [2.24, 2.45) is 0 Å². The van der Waals surface area contributed by atoms with Gasteiger partial charge in [-0.3, -0.25) is 0 Å². The second kappa shape index (κ2) is 6.38. The maximum Gasteiger partial charge on any atom is 0.339 e. The summed E-state index contributed by atoms with van der Waals surface area (Å²) in [6.07, 6.45) is 0. The Hall–Kier alpha value is -1.70. The average molecular weight is 325 g/mol. The predicted octanol–water partition coefficient (Wildman–Crippen LogP) is 2.57. The van der Waals surface area contributed by atoms with Crippen LogP contribution in [0.15, 0.2) is 46.0 Å². The van der Waals surface area contributed by atoms with Gasteiger partial charge < -0.3 is 4.74 Å².